The summed E-state index contributed by atoms with van der Waals surface area (Å²) in [5, 5.41) is 0. The summed E-state index contributed by atoms with van der Waals surface area (Å²) in [6.07, 6.45) is 65.2. The second kappa shape index (κ2) is 16.2. The molecule has 11 aliphatic rings. The Morgan fingerprint density at radius 3 is 2.16 bits per heavy atom. The van der Waals surface area contributed by atoms with Gasteiger partial charge in [0.05, 0.1) is 6.04 Å². The monoisotopic (exact) mass is 753 g/mol. The minimum absolute atomic E-state index is 0.488. The molecule has 1 heterocycles. The Morgan fingerprint density at radius 2 is 1.32 bits per heavy atom. The molecule has 0 spiro atoms. The zero-order chi connectivity index (χ0) is 37.0. The highest BCUT2D eigenvalue weighted by Gasteiger charge is 2.57. The molecule has 11 rings (SSSR count). The fourth-order valence-electron chi connectivity index (χ4n) is 16.8. The van der Waals surface area contributed by atoms with Gasteiger partial charge in [0.15, 0.2) is 0 Å². The van der Waals surface area contributed by atoms with Gasteiger partial charge in [-0.15, -0.1) is 0 Å². The van der Waals surface area contributed by atoms with Crippen molar-refractivity contribution in [1.82, 2.24) is 9.80 Å². The third-order valence-electron chi connectivity index (χ3n) is 19.3. The van der Waals surface area contributed by atoms with Crippen LogP contribution >= 0.6 is 0 Å². The number of hydrogen-bond acceptors (Lipinski definition) is 2. The van der Waals surface area contributed by atoms with Gasteiger partial charge in [0.25, 0.3) is 0 Å². The summed E-state index contributed by atoms with van der Waals surface area (Å²) >= 11 is 0. The molecule has 2 heteroatoms. The van der Waals surface area contributed by atoms with Gasteiger partial charge in [-0.1, -0.05) is 98.9 Å². The van der Waals surface area contributed by atoms with E-state index >= 15 is 0 Å². The minimum atomic E-state index is 0.488. The SMILES string of the molecule is C1=CCC(C2=CCC(N(C3=CC[C@@H](C4CC[C@@H]5C(CCC6CCCCC65)C4)C=C3)[C@@H]3CC[C@@H]4CCC5[C@@H]6CCCCC6N(C6CC=CCC6)[C@@H]5[C@@H]4C3)C=C2)C=C1. The Balaban J connectivity index is 0.842. The lowest BCUT2D eigenvalue weighted by molar-refractivity contribution is -0.0154. The molecule has 56 heavy (non-hydrogen) atoms. The molecule has 0 bridgehead atoms. The lowest BCUT2D eigenvalue weighted by atomic mass is 9.55. The van der Waals surface area contributed by atoms with Crippen molar-refractivity contribution in [2.45, 2.75) is 184 Å². The van der Waals surface area contributed by atoms with Gasteiger partial charge in [-0.2, -0.15) is 0 Å². The highest BCUT2D eigenvalue weighted by molar-refractivity contribution is 5.35. The maximum Gasteiger partial charge on any atom is 0.0513 e. The van der Waals surface area contributed by atoms with E-state index in [1.165, 1.54) is 116 Å². The van der Waals surface area contributed by atoms with Crippen LogP contribution in [0.5, 0.6) is 0 Å². The van der Waals surface area contributed by atoms with Gasteiger partial charge in [-0.3, -0.25) is 4.90 Å². The van der Waals surface area contributed by atoms with E-state index in [1.54, 1.807) is 43.4 Å². The second-order valence-corrected chi connectivity index (χ2v) is 21.6. The van der Waals surface area contributed by atoms with Crippen molar-refractivity contribution in [1.29, 1.82) is 0 Å². The smallest absolute Gasteiger partial charge is 0.0513 e. The number of allylic oxidation sites excluding steroid dienone is 10. The summed E-state index contributed by atoms with van der Waals surface area (Å²) in [5.41, 5.74) is 3.15. The van der Waals surface area contributed by atoms with Crippen LogP contribution in [0.3, 0.4) is 0 Å². The highest BCUT2D eigenvalue weighted by atomic mass is 15.3. The summed E-state index contributed by atoms with van der Waals surface area (Å²) in [6, 6.07) is 3.69. The molecule has 302 valence electrons. The number of nitrogens with zero attached hydrogens (tertiary/aromatic N) is 2. The van der Waals surface area contributed by atoms with E-state index in [4.69, 9.17) is 0 Å². The Kier molecular flexibility index (Phi) is 10.7. The fourth-order valence-corrected chi connectivity index (χ4v) is 16.8. The largest absolute Gasteiger partial charge is 0.362 e. The highest BCUT2D eigenvalue weighted by Crippen LogP contribution is 2.58. The van der Waals surface area contributed by atoms with Gasteiger partial charge in [0.2, 0.25) is 0 Å². The fraction of sp³-hybridized carbons (Fsp3) is 0.741. The van der Waals surface area contributed by atoms with Crippen molar-refractivity contribution in [3.05, 3.63) is 84.2 Å². The van der Waals surface area contributed by atoms with E-state index in [1.807, 2.05) is 0 Å². The van der Waals surface area contributed by atoms with E-state index in [9.17, 15) is 0 Å². The molecule has 2 nitrogen and oxygen atoms in total. The topological polar surface area (TPSA) is 6.48 Å². The molecular formula is C54H76N2. The van der Waals surface area contributed by atoms with Crippen molar-refractivity contribution < 1.29 is 0 Å². The molecule has 16 atom stereocenters. The zero-order valence-electron chi connectivity index (χ0n) is 35.0. The molecular weight excluding hydrogens is 677 g/mol. The van der Waals surface area contributed by atoms with Crippen LogP contribution in [0.25, 0.3) is 0 Å². The van der Waals surface area contributed by atoms with E-state index in [0.29, 0.717) is 18.0 Å². The van der Waals surface area contributed by atoms with Crippen LogP contribution in [-0.2, 0) is 0 Å². The maximum absolute atomic E-state index is 3.28. The van der Waals surface area contributed by atoms with Crippen LogP contribution in [0.2, 0.25) is 0 Å². The van der Waals surface area contributed by atoms with Crippen LogP contribution < -0.4 is 0 Å². The predicted molar refractivity (Wildman–Crippen MR) is 234 cm³/mol. The molecule has 0 amide bonds. The lowest BCUT2D eigenvalue weighted by Crippen LogP contribution is -2.55. The predicted octanol–water partition coefficient (Wildman–Crippen LogP) is 13.3. The molecule has 0 aromatic carbocycles. The first-order valence-electron chi connectivity index (χ1n) is 25.1. The first kappa shape index (κ1) is 37.0. The molecule has 1 saturated heterocycles. The molecule has 9 unspecified atom stereocenters. The number of rotatable bonds is 6. The van der Waals surface area contributed by atoms with Crippen molar-refractivity contribution in [3.63, 3.8) is 0 Å². The van der Waals surface area contributed by atoms with Crippen LogP contribution in [0.4, 0.5) is 0 Å². The average Bonchev–Trinajstić information content (AvgIpc) is 3.62. The second-order valence-electron chi connectivity index (χ2n) is 21.6. The van der Waals surface area contributed by atoms with Crippen LogP contribution in [0.15, 0.2) is 84.2 Å². The first-order chi connectivity index (χ1) is 27.8. The Labute approximate surface area is 342 Å². The van der Waals surface area contributed by atoms with Crippen molar-refractivity contribution in [2.75, 3.05) is 0 Å². The van der Waals surface area contributed by atoms with Crippen LogP contribution in [-0.4, -0.2) is 40.0 Å². The maximum atomic E-state index is 3.28. The standard InChI is InChI=1S/C54H76N2/c1-3-11-37(12-4-1)38-21-28-45(29-22-38)55(46-30-23-39(24-31-46)42-27-33-49-43(35-42)20-19-40-13-7-8-16-48(40)49)47-32-25-41-26-34-51-50-17-9-10-18-53(50)56(54(51)52(41)36-47)44-14-5-2-6-15-44/h1-5,11,21-23,28,30-31,37,39-45,47-54H,6-10,12-20,24-27,29,32-36H2/t37?,39-,40?,41+,42?,43?,44?,45?,47+,48?,49+,50-,51?,52+,53?,54-/m0/s1. The lowest BCUT2D eigenvalue weighted by Gasteiger charge is -2.53. The summed E-state index contributed by atoms with van der Waals surface area (Å²) in [6.45, 7) is 0. The van der Waals surface area contributed by atoms with Crippen molar-refractivity contribution >= 4 is 0 Å². The molecule has 0 aromatic heterocycles. The Morgan fingerprint density at radius 1 is 0.518 bits per heavy atom. The quantitative estimate of drug-likeness (QED) is 0.249. The molecule has 10 aliphatic carbocycles. The van der Waals surface area contributed by atoms with Gasteiger partial charge in [0, 0.05) is 35.8 Å². The van der Waals surface area contributed by atoms with Gasteiger partial charge in [-0.25, -0.2) is 0 Å². The summed E-state index contributed by atoms with van der Waals surface area (Å²) in [7, 11) is 0. The van der Waals surface area contributed by atoms with Gasteiger partial charge < -0.3 is 4.90 Å². The molecule has 7 fully saturated rings. The molecule has 1 aliphatic heterocycles. The third-order valence-corrected chi connectivity index (χ3v) is 19.3. The van der Waals surface area contributed by atoms with E-state index < -0.39 is 0 Å². The summed E-state index contributed by atoms with van der Waals surface area (Å²) < 4.78 is 0. The van der Waals surface area contributed by atoms with Gasteiger partial charge in [-0.05, 0) is 193 Å². The Hall–Kier alpha value is -2.06. The van der Waals surface area contributed by atoms with E-state index in [2.05, 4.69) is 82.7 Å². The van der Waals surface area contributed by atoms with Gasteiger partial charge in [0.1, 0.15) is 0 Å². The first-order valence-corrected chi connectivity index (χ1v) is 25.1. The van der Waals surface area contributed by atoms with Crippen LogP contribution in [0, 0.1) is 65.1 Å². The Bertz CT molecular complexity index is 1620. The van der Waals surface area contributed by atoms with Crippen molar-refractivity contribution in [3.8, 4) is 0 Å². The third kappa shape index (κ3) is 6.88. The summed E-state index contributed by atoms with van der Waals surface area (Å²) in [4.78, 5) is 6.33. The minimum Gasteiger partial charge on any atom is -0.362 e. The number of fused-ring (bicyclic) bond motifs is 8. The molecule has 6 saturated carbocycles. The average molecular weight is 753 g/mol. The molecule has 0 radical (unpaired) electrons. The summed E-state index contributed by atoms with van der Waals surface area (Å²) in [5.74, 6) is 10.3. The number of likely N-dealkylation sites (tertiary alicyclic amines) is 1. The normalized spacial score (nSPS) is 47.1. The molecule has 0 N–H and O–H groups in total. The van der Waals surface area contributed by atoms with Gasteiger partial charge >= 0.3 is 0 Å². The van der Waals surface area contributed by atoms with Crippen molar-refractivity contribution in [2.24, 2.45) is 65.1 Å². The van der Waals surface area contributed by atoms with E-state index in [0.717, 1.165) is 83.7 Å². The molecule has 0 aromatic rings. The van der Waals surface area contributed by atoms with E-state index in [-0.39, 0.29) is 0 Å². The zero-order valence-corrected chi connectivity index (χ0v) is 35.0. The van der Waals surface area contributed by atoms with Crippen LogP contribution in [0.1, 0.15) is 154 Å². The number of hydrogen-bond donors (Lipinski definition) is 0.